The number of hydrogen-bond acceptors (Lipinski definition) is 2. The van der Waals surface area contributed by atoms with Crippen LogP contribution in [0.4, 0.5) is 0 Å². The lowest BCUT2D eigenvalue weighted by Crippen LogP contribution is -2.31. The molecule has 0 aliphatic heterocycles. The molecule has 0 unspecified atom stereocenters. The number of rotatable bonds is 2. The van der Waals surface area contributed by atoms with E-state index in [1.807, 2.05) is 6.92 Å². The van der Waals surface area contributed by atoms with E-state index in [4.69, 9.17) is 5.11 Å². The first-order chi connectivity index (χ1) is 6.07. The molecule has 1 aromatic rings. The average molecular weight is 177 g/mol. The number of nitrogens with zero attached hydrogens (tertiary/aromatic N) is 1. The van der Waals surface area contributed by atoms with Crippen molar-refractivity contribution in [3.8, 4) is 0 Å². The van der Waals surface area contributed by atoms with Crippen LogP contribution < -0.4 is 10.6 Å². The molecule has 0 aromatic carbocycles. The Morgan fingerprint density at radius 1 is 1.62 bits per heavy atom. The third kappa shape index (κ3) is 1.59. The van der Waals surface area contributed by atoms with Crippen molar-refractivity contribution in [3.05, 3.63) is 27.9 Å². The molecular weight excluding hydrogens is 166 g/mol. The van der Waals surface area contributed by atoms with Crippen LogP contribution in [0.3, 0.4) is 0 Å². The van der Waals surface area contributed by atoms with Crippen LogP contribution in [-0.4, -0.2) is 16.1 Å². The standard InChI is InChI=1S/C10H11NO2/c1-4-8-6(2)7(3)11-5-9(8)10(12)13/h5H,2-4H2,1H3,(H,12,13). The zero-order valence-corrected chi connectivity index (χ0v) is 7.50. The summed E-state index contributed by atoms with van der Waals surface area (Å²) < 4.78 is 0. The number of carboxylic acids is 1. The maximum atomic E-state index is 10.8. The quantitative estimate of drug-likeness (QED) is 0.700. The highest BCUT2D eigenvalue weighted by atomic mass is 16.4. The lowest BCUT2D eigenvalue weighted by Gasteiger charge is -2.02. The molecule has 0 saturated carbocycles. The summed E-state index contributed by atoms with van der Waals surface area (Å²) in [5.74, 6) is -0.964. The number of pyridine rings is 1. The number of carboxylic acid groups (broad SMARTS) is 1. The van der Waals surface area contributed by atoms with Crippen LogP contribution in [0.5, 0.6) is 0 Å². The van der Waals surface area contributed by atoms with Gasteiger partial charge in [-0.05, 0) is 17.2 Å². The fourth-order valence-electron chi connectivity index (χ4n) is 1.22. The predicted octanol–water partition coefficient (Wildman–Crippen LogP) is 0.163. The normalized spacial score (nSPS) is 9.92. The number of carbonyl (C=O) groups is 1. The van der Waals surface area contributed by atoms with Gasteiger partial charge in [0.1, 0.15) is 0 Å². The Kier molecular flexibility index (Phi) is 2.46. The van der Waals surface area contributed by atoms with Gasteiger partial charge in [-0.25, -0.2) is 4.79 Å². The first-order valence-corrected chi connectivity index (χ1v) is 3.97. The Morgan fingerprint density at radius 2 is 2.23 bits per heavy atom. The van der Waals surface area contributed by atoms with E-state index in [0.29, 0.717) is 22.6 Å². The second kappa shape index (κ2) is 3.39. The van der Waals surface area contributed by atoms with Crippen molar-refractivity contribution in [1.29, 1.82) is 0 Å². The highest BCUT2D eigenvalue weighted by molar-refractivity contribution is 5.89. The van der Waals surface area contributed by atoms with Crippen molar-refractivity contribution >= 4 is 19.1 Å². The fourth-order valence-corrected chi connectivity index (χ4v) is 1.22. The molecule has 3 nitrogen and oxygen atoms in total. The van der Waals surface area contributed by atoms with E-state index >= 15 is 0 Å². The largest absolute Gasteiger partial charge is 0.478 e. The molecule has 0 fully saturated rings. The predicted molar refractivity (Wildman–Crippen MR) is 50.9 cm³/mol. The van der Waals surface area contributed by atoms with Crippen LogP contribution in [0.2, 0.25) is 0 Å². The van der Waals surface area contributed by atoms with E-state index in [1.54, 1.807) is 0 Å². The molecule has 68 valence electrons. The Bertz CT molecular complexity index is 437. The topological polar surface area (TPSA) is 50.2 Å². The summed E-state index contributed by atoms with van der Waals surface area (Å²) in [6, 6.07) is 0. The second-order valence-electron chi connectivity index (χ2n) is 2.73. The van der Waals surface area contributed by atoms with Gasteiger partial charge in [-0.1, -0.05) is 20.1 Å². The first kappa shape index (κ1) is 9.45. The average Bonchev–Trinajstić information content (AvgIpc) is 2.09. The van der Waals surface area contributed by atoms with Crippen molar-refractivity contribution in [3.63, 3.8) is 0 Å². The van der Waals surface area contributed by atoms with E-state index in [1.165, 1.54) is 6.20 Å². The van der Waals surface area contributed by atoms with Crippen molar-refractivity contribution in [1.82, 2.24) is 4.98 Å². The van der Waals surface area contributed by atoms with Crippen LogP contribution in [-0.2, 0) is 6.42 Å². The molecule has 0 amide bonds. The Hall–Kier alpha value is -1.64. The molecule has 1 N–H and O–H groups in total. The zero-order valence-electron chi connectivity index (χ0n) is 7.50. The molecule has 1 aromatic heterocycles. The fraction of sp³-hybridized carbons (Fsp3) is 0.200. The van der Waals surface area contributed by atoms with E-state index in [2.05, 4.69) is 18.1 Å². The molecule has 3 heteroatoms. The van der Waals surface area contributed by atoms with Crippen LogP contribution in [0, 0.1) is 0 Å². The van der Waals surface area contributed by atoms with Crippen LogP contribution in [0.25, 0.3) is 13.2 Å². The summed E-state index contributed by atoms with van der Waals surface area (Å²) in [5.41, 5.74) is 0.937. The maximum absolute atomic E-state index is 10.8. The summed E-state index contributed by atoms with van der Waals surface area (Å²) in [6.45, 7) is 9.29. The van der Waals surface area contributed by atoms with Gasteiger partial charge in [-0.15, -0.1) is 0 Å². The molecule has 0 aliphatic rings. The van der Waals surface area contributed by atoms with Gasteiger partial charge >= 0.3 is 5.97 Å². The number of hydrogen-bond donors (Lipinski definition) is 1. The van der Waals surface area contributed by atoms with Gasteiger partial charge in [0.25, 0.3) is 0 Å². The molecule has 0 atom stereocenters. The molecule has 0 saturated heterocycles. The molecule has 0 aliphatic carbocycles. The molecule has 1 heterocycles. The summed E-state index contributed by atoms with van der Waals surface area (Å²) in [5, 5.41) is 9.99. The monoisotopic (exact) mass is 177 g/mol. The zero-order chi connectivity index (χ0) is 10.0. The molecular formula is C10H11NO2. The Morgan fingerprint density at radius 3 is 2.69 bits per heavy atom. The van der Waals surface area contributed by atoms with Gasteiger partial charge in [0, 0.05) is 6.20 Å². The van der Waals surface area contributed by atoms with E-state index < -0.39 is 5.97 Å². The summed E-state index contributed by atoms with van der Waals surface area (Å²) >= 11 is 0. The van der Waals surface area contributed by atoms with Crippen LogP contribution in [0.1, 0.15) is 22.8 Å². The summed E-state index contributed by atoms with van der Waals surface area (Å²) in [4.78, 5) is 14.6. The second-order valence-corrected chi connectivity index (χ2v) is 2.73. The minimum atomic E-state index is -0.964. The van der Waals surface area contributed by atoms with Crippen LogP contribution >= 0.6 is 0 Å². The highest BCUT2D eigenvalue weighted by Crippen LogP contribution is 2.00. The van der Waals surface area contributed by atoms with Gasteiger partial charge in [-0.2, -0.15) is 0 Å². The van der Waals surface area contributed by atoms with Gasteiger partial charge in [0.05, 0.1) is 10.9 Å². The number of aromatic nitrogens is 1. The molecule has 13 heavy (non-hydrogen) atoms. The Labute approximate surface area is 76.1 Å². The molecule has 1 rings (SSSR count). The van der Waals surface area contributed by atoms with E-state index in [0.717, 1.165) is 0 Å². The van der Waals surface area contributed by atoms with Crippen molar-refractivity contribution in [2.75, 3.05) is 0 Å². The highest BCUT2D eigenvalue weighted by Gasteiger charge is 2.09. The van der Waals surface area contributed by atoms with Gasteiger partial charge in [0.15, 0.2) is 0 Å². The van der Waals surface area contributed by atoms with Gasteiger partial charge < -0.3 is 5.11 Å². The first-order valence-electron chi connectivity index (χ1n) is 3.97. The molecule has 0 spiro atoms. The summed E-state index contributed by atoms with van der Waals surface area (Å²) in [6.07, 6.45) is 1.96. The van der Waals surface area contributed by atoms with Crippen molar-refractivity contribution in [2.24, 2.45) is 0 Å². The lowest BCUT2D eigenvalue weighted by molar-refractivity contribution is 0.0695. The van der Waals surface area contributed by atoms with Gasteiger partial charge in [-0.3, -0.25) is 4.98 Å². The third-order valence-corrected chi connectivity index (χ3v) is 1.97. The van der Waals surface area contributed by atoms with Gasteiger partial charge in [0.2, 0.25) is 0 Å². The maximum Gasteiger partial charge on any atom is 0.337 e. The minimum Gasteiger partial charge on any atom is -0.478 e. The van der Waals surface area contributed by atoms with E-state index in [-0.39, 0.29) is 5.56 Å². The summed E-state index contributed by atoms with van der Waals surface area (Å²) in [7, 11) is 0. The Balaban J connectivity index is 3.57. The SMILES string of the molecule is C=c1ncc(C(=O)O)c(CC)c1=C. The lowest BCUT2D eigenvalue weighted by atomic mass is 10.1. The van der Waals surface area contributed by atoms with E-state index in [9.17, 15) is 4.79 Å². The van der Waals surface area contributed by atoms with Crippen molar-refractivity contribution in [2.45, 2.75) is 13.3 Å². The smallest absolute Gasteiger partial charge is 0.337 e. The number of aromatic carboxylic acids is 1. The minimum absolute atomic E-state index is 0.222. The molecule has 0 radical (unpaired) electrons. The van der Waals surface area contributed by atoms with Crippen molar-refractivity contribution < 1.29 is 9.90 Å². The molecule has 0 bridgehead atoms. The van der Waals surface area contributed by atoms with Crippen LogP contribution in [0.15, 0.2) is 6.20 Å². The third-order valence-electron chi connectivity index (χ3n) is 1.97.